The van der Waals surface area contributed by atoms with Crippen LogP contribution < -0.4 is 4.43 Å². The van der Waals surface area contributed by atoms with Crippen molar-refractivity contribution in [3.8, 4) is 5.75 Å². The van der Waals surface area contributed by atoms with Crippen molar-refractivity contribution in [1.29, 1.82) is 0 Å². The van der Waals surface area contributed by atoms with Crippen LogP contribution in [0.25, 0.3) is 0 Å². The van der Waals surface area contributed by atoms with Gasteiger partial charge in [-0.25, -0.2) is 0 Å². The molecule has 0 atom stereocenters. The van der Waals surface area contributed by atoms with Gasteiger partial charge in [0, 0.05) is 13.2 Å². The molecule has 5 heteroatoms. The molecule has 1 aromatic carbocycles. The molecule has 1 heterocycles. The van der Waals surface area contributed by atoms with E-state index in [2.05, 4.69) is 33.9 Å². The van der Waals surface area contributed by atoms with Crippen molar-refractivity contribution in [2.45, 2.75) is 57.2 Å². The fourth-order valence-electron chi connectivity index (χ4n) is 2.64. The maximum absolute atomic E-state index is 11.8. The second-order valence-electron chi connectivity index (χ2n) is 7.89. The monoisotopic (exact) mass is 336 g/mol. The number of carboxylic acids is 1. The van der Waals surface area contributed by atoms with Gasteiger partial charge in [0.25, 0.3) is 0 Å². The van der Waals surface area contributed by atoms with Crippen LogP contribution in [0.1, 0.15) is 39.2 Å². The highest BCUT2D eigenvalue weighted by molar-refractivity contribution is 6.74. The lowest BCUT2D eigenvalue weighted by Gasteiger charge is -2.37. The van der Waals surface area contributed by atoms with Crippen molar-refractivity contribution in [2.24, 2.45) is 0 Å². The van der Waals surface area contributed by atoms with Crippen LogP contribution in [0, 0.1) is 0 Å². The van der Waals surface area contributed by atoms with Gasteiger partial charge in [0.05, 0.1) is 5.41 Å². The summed E-state index contributed by atoms with van der Waals surface area (Å²) in [6.07, 6.45) is 1.04. The van der Waals surface area contributed by atoms with E-state index in [-0.39, 0.29) is 5.04 Å². The first-order valence-corrected chi connectivity index (χ1v) is 11.1. The fraction of sp³-hybridized carbons (Fsp3) is 0.611. The number of carboxylic acid groups (broad SMARTS) is 1. The molecule has 0 unspecified atom stereocenters. The minimum Gasteiger partial charge on any atom is -0.544 e. The van der Waals surface area contributed by atoms with Gasteiger partial charge in [-0.2, -0.15) is 0 Å². The molecule has 0 amide bonds. The Bertz CT molecular complexity index is 551. The molecular formula is C18H28O4Si. The van der Waals surface area contributed by atoms with Crippen molar-refractivity contribution in [3.63, 3.8) is 0 Å². The van der Waals surface area contributed by atoms with E-state index in [9.17, 15) is 9.90 Å². The molecule has 4 nitrogen and oxygen atoms in total. The summed E-state index contributed by atoms with van der Waals surface area (Å²) in [5, 5.41) is 9.86. The third-order valence-corrected chi connectivity index (χ3v) is 9.70. The maximum atomic E-state index is 11.8. The zero-order valence-corrected chi connectivity index (χ0v) is 15.8. The predicted molar refractivity (Wildman–Crippen MR) is 93.6 cm³/mol. The number of hydrogen-bond acceptors (Lipinski definition) is 3. The fourth-order valence-corrected chi connectivity index (χ4v) is 3.67. The number of hydrogen-bond donors (Lipinski definition) is 1. The highest BCUT2D eigenvalue weighted by atomic mass is 28.4. The molecule has 128 valence electrons. The first-order valence-electron chi connectivity index (χ1n) is 8.19. The molecule has 2 rings (SSSR count). The van der Waals surface area contributed by atoms with Gasteiger partial charge in [-0.05, 0) is 48.7 Å². The topological polar surface area (TPSA) is 55.8 Å². The van der Waals surface area contributed by atoms with Crippen LogP contribution in [0.2, 0.25) is 18.1 Å². The lowest BCUT2D eigenvalue weighted by molar-refractivity contribution is -0.147. The van der Waals surface area contributed by atoms with E-state index < -0.39 is 19.7 Å². The molecule has 23 heavy (non-hydrogen) atoms. The highest BCUT2D eigenvalue weighted by Crippen LogP contribution is 2.39. The van der Waals surface area contributed by atoms with Crippen LogP contribution in [0.4, 0.5) is 0 Å². The van der Waals surface area contributed by atoms with Crippen molar-refractivity contribution in [3.05, 3.63) is 29.8 Å². The Morgan fingerprint density at radius 3 is 2.13 bits per heavy atom. The van der Waals surface area contributed by atoms with Crippen molar-refractivity contribution < 1.29 is 19.1 Å². The summed E-state index contributed by atoms with van der Waals surface area (Å²) in [7, 11) is -1.88. The van der Waals surface area contributed by atoms with Crippen LogP contribution in [0.15, 0.2) is 24.3 Å². The number of ether oxygens (including phenoxy) is 1. The largest absolute Gasteiger partial charge is 0.544 e. The molecular weight excluding hydrogens is 308 g/mol. The van der Waals surface area contributed by atoms with E-state index in [0.717, 1.165) is 11.3 Å². The van der Waals surface area contributed by atoms with E-state index >= 15 is 0 Å². The predicted octanol–water partition coefficient (Wildman–Crippen LogP) is 4.20. The number of carbonyl (C=O) groups is 1. The second kappa shape index (κ2) is 6.28. The Kier molecular flexibility index (Phi) is 4.92. The summed E-state index contributed by atoms with van der Waals surface area (Å²) in [5.74, 6) is 0.0619. The zero-order chi connectivity index (χ0) is 17.3. The number of rotatable bonds is 4. The standard InChI is InChI=1S/C18H28O4Si/c1-17(2,3)23(4,5)22-15-8-6-14(7-9-15)18(16(19)20)10-12-21-13-11-18/h6-9H,10-13H2,1-5H3,(H,19,20). The van der Waals surface area contributed by atoms with Gasteiger partial charge in [-0.1, -0.05) is 32.9 Å². The molecule has 0 bridgehead atoms. The second-order valence-corrected chi connectivity index (χ2v) is 12.6. The lowest BCUT2D eigenvalue weighted by atomic mass is 9.74. The zero-order valence-electron chi connectivity index (χ0n) is 14.8. The quantitative estimate of drug-likeness (QED) is 0.837. The van der Waals surface area contributed by atoms with Gasteiger partial charge < -0.3 is 14.3 Å². The molecule has 1 saturated heterocycles. The van der Waals surface area contributed by atoms with Gasteiger partial charge in [0.15, 0.2) is 0 Å². The summed E-state index contributed by atoms with van der Waals surface area (Å²) < 4.78 is 11.6. The third-order valence-electron chi connectivity index (χ3n) is 5.34. The van der Waals surface area contributed by atoms with Crippen LogP contribution in [0.5, 0.6) is 5.75 Å². The first-order chi connectivity index (χ1) is 10.6. The van der Waals surface area contributed by atoms with Gasteiger partial charge in [0.2, 0.25) is 8.32 Å². The number of aliphatic carboxylic acids is 1. The van der Waals surface area contributed by atoms with Crippen molar-refractivity contribution >= 4 is 14.3 Å². The third kappa shape index (κ3) is 3.61. The average Bonchev–Trinajstić information content (AvgIpc) is 2.47. The van der Waals surface area contributed by atoms with Gasteiger partial charge in [-0.15, -0.1) is 0 Å². The molecule has 0 aromatic heterocycles. The van der Waals surface area contributed by atoms with Gasteiger partial charge in [-0.3, -0.25) is 4.79 Å². The molecule has 1 fully saturated rings. The molecule has 1 N–H and O–H groups in total. The normalized spacial score (nSPS) is 18.5. The molecule has 1 aliphatic rings. The Morgan fingerprint density at radius 2 is 1.70 bits per heavy atom. The molecule has 1 aromatic rings. The van der Waals surface area contributed by atoms with E-state index in [4.69, 9.17) is 9.16 Å². The Hall–Kier alpha value is -1.33. The van der Waals surface area contributed by atoms with Crippen LogP contribution >= 0.6 is 0 Å². The van der Waals surface area contributed by atoms with Crippen LogP contribution in [-0.2, 0) is 14.9 Å². The van der Waals surface area contributed by atoms with Crippen LogP contribution in [0.3, 0.4) is 0 Å². The molecule has 0 aliphatic carbocycles. The van der Waals surface area contributed by atoms with E-state index in [0.29, 0.717) is 26.1 Å². The Labute approximate surface area is 139 Å². The lowest BCUT2D eigenvalue weighted by Crippen LogP contribution is -2.44. The highest BCUT2D eigenvalue weighted by Gasteiger charge is 2.42. The molecule has 1 aliphatic heterocycles. The molecule has 0 radical (unpaired) electrons. The molecule has 0 spiro atoms. The van der Waals surface area contributed by atoms with E-state index in [1.54, 1.807) is 0 Å². The minimum atomic E-state index is -1.88. The average molecular weight is 337 g/mol. The van der Waals surface area contributed by atoms with Crippen LogP contribution in [-0.4, -0.2) is 32.6 Å². The molecule has 0 saturated carbocycles. The van der Waals surface area contributed by atoms with Crippen molar-refractivity contribution in [2.75, 3.05) is 13.2 Å². The summed E-state index contributed by atoms with van der Waals surface area (Å²) >= 11 is 0. The first kappa shape index (κ1) is 18.0. The maximum Gasteiger partial charge on any atom is 0.314 e. The Morgan fingerprint density at radius 1 is 1.17 bits per heavy atom. The Balaban J connectivity index is 2.23. The van der Waals surface area contributed by atoms with E-state index in [1.165, 1.54) is 0 Å². The van der Waals surface area contributed by atoms with E-state index in [1.807, 2.05) is 24.3 Å². The summed E-state index contributed by atoms with van der Waals surface area (Å²) in [5.41, 5.74) is 0.0178. The SMILES string of the molecule is CC(C)(C)[Si](C)(C)Oc1ccc(C2(C(=O)O)CCOCC2)cc1. The summed E-state index contributed by atoms with van der Waals surface area (Å²) in [4.78, 5) is 11.8. The number of benzene rings is 1. The van der Waals surface area contributed by atoms with Crippen molar-refractivity contribution in [1.82, 2.24) is 0 Å². The smallest absolute Gasteiger partial charge is 0.314 e. The van der Waals surface area contributed by atoms with Gasteiger partial charge >= 0.3 is 5.97 Å². The summed E-state index contributed by atoms with van der Waals surface area (Å²) in [6, 6.07) is 7.63. The summed E-state index contributed by atoms with van der Waals surface area (Å²) in [6.45, 7) is 12.0. The van der Waals surface area contributed by atoms with Gasteiger partial charge in [0.1, 0.15) is 5.75 Å². The minimum absolute atomic E-state index is 0.134.